The Morgan fingerprint density at radius 2 is 2.00 bits per heavy atom. The Morgan fingerprint density at radius 1 is 1.26 bits per heavy atom. The van der Waals surface area contributed by atoms with Gasteiger partial charge >= 0.3 is 0 Å². The fourth-order valence-corrected chi connectivity index (χ4v) is 5.03. The third-order valence-electron chi connectivity index (χ3n) is 4.79. The first-order valence-electron chi connectivity index (χ1n) is 7.62. The van der Waals surface area contributed by atoms with Crippen molar-refractivity contribution in [1.29, 1.82) is 0 Å². The molecule has 1 heterocycles. The van der Waals surface area contributed by atoms with Crippen molar-refractivity contribution in [2.75, 3.05) is 18.6 Å². The Balaban J connectivity index is 1.96. The Labute approximate surface area is 127 Å². The van der Waals surface area contributed by atoms with Gasteiger partial charge in [-0.05, 0) is 38.9 Å². The van der Waals surface area contributed by atoms with E-state index in [1.165, 1.54) is 55.9 Å². The van der Waals surface area contributed by atoms with Crippen molar-refractivity contribution in [3.8, 4) is 0 Å². The van der Waals surface area contributed by atoms with Crippen LogP contribution in [0.2, 0.25) is 0 Å². The molecule has 1 unspecified atom stereocenters. The highest BCUT2D eigenvalue weighted by atomic mass is 32.2. The molecule has 2 aliphatic rings. The monoisotopic (exact) mass is 300 g/mol. The summed E-state index contributed by atoms with van der Waals surface area (Å²) in [6.45, 7) is 5.60. The van der Waals surface area contributed by atoms with Crippen molar-refractivity contribution in [3.63, 3.8) is 0 Å². The second-order valence-corrected chi connectivity index (χ2v) is 8.56. The summed E-state index contributed by atoms with van der Waals surface area (Å²) in [6, 6.07) is 0. The van der Waals surface area contributed by atoms with Crippen LogP contribution in [0.1, 0.15) is 58.8 Å². The third kappa shape index (κ3) is 4.07. The number of hydrogen-bond acceptors (Lipinski definition) is 3. The first-order valence-corrected chi connectivity index (χ1v) is 9.83. The van der Waals surface area contributed by atoms with Gasteiger partial charge in [-0.15, -0.1) is 0 Å². The summed E-state index contributed by atoms with van der Waals surface area (Å²) in [5, 5.41) is 4.85. The topological polar surface area (TPSA) is 24.4 Å². The Hall–Kier alpha value is 0.170. The van der Waals surface area contributed by atoms with Gasteiger partial charge in [0.2, 0.25) is 0 Å². The fraction of sp³-hybridized carbons (Fsp3) is 0.933. The van der Waals surface area contributed by atoms with Gasteiger partial charge in [0.25, 0.3) is 0 Å². The normalized spacial score (nSPS) is 33.1. The average Bonchev–Trinajstić information content (AvgIpc) is 2.46. The summed E-state index contributed by atoms with van der Waals surface area (Å²) >= 11 is 3.95. The van der Waals surface area contributed by atoms with E-state index in [2.05, 4.69) is 25.4 Å². The van der Waals surface area contributed by atoms with Crippen molar-refractivity contribution in [2.24, 2.45) is 4.99 Å². The highest BCUT2D eigenvalue weighted by Gasteiger charge is 2.32. The maximum atomic E-state index is 4.94. The Kier molecular flexibility index (Phi) is 5.53. The average molecular weight is 301 g/mol. The van der Waals surface area contributed by atoms with Gasteiger partial charge in [0.15, 0.2) is 5.17 Å². The molecular weight excluding hydrogens is 272 g/mol. The van der Waals surface area contributed by atoms with E-state index in [0.717, 1.165) is 6.54 Å². The molecule has 0 bridgehead atoms. The molecule has 0 spiro atoms. The van der Waals surface area contributed by atoms with Gasteiger partial charge in [0.1, 0.15) is 0 Å². The van der Waals surface area contributed by atoms with Gasteiger partial charge in [-0.2, -0.15) is 11.8 Å². The Morgan fingerprint density at radius 3 is 2.63 bits per heavy atom. The van der Waals surface area contributed by atoms with Crippen LogP contribution >= 0.6 is 23.5 Å². The molecule has 2 fully saturated rings. The Bertz CT molecular complexity index is 324. The number of aliphatic imine (C=N–C) groups is 1. The summed E-state index contributed by atoms with van der Waals surface area (Å²) in [4.78, 5) is 4.94. The lowest BCUT2D eigenvalue weighted by Crippen LogP contribution is -2.48. The molecule has 1 aliphatic carbocycles. The van der Waals surface area contributed by atoms with E-state index in [1.807, 2.05) is 23.5 Å². The van der Waals surface area contributed by atoms with E-state index in [-0.39, 0.29) is 5.54 Å². The predicted octanol–water partition coefficient (Wildman–Crippen LogP) is 4.30. The van der Waals surface area contributed by atoms with Crippen LogP contribution in [0.3, 0.4) is 0 Å². The van der Waals surface area contributed by atoms with Crippen LogP contribution in [0.5, 0.6) is 0 Å². The minimum absolute atomic E-state index is 0.267. The summed E-state index contributed by atoms with van der Waals surface area (Å²) in [6.07, 6.45) is 11.6. The van der Waals surface area contributed by atoms with Crippen LogP contribution in [0, 0.1) is 0 Å². The highest BCUT2D eigenvalue weighted by molar-refractivity contribution is 8.13. The molecule has 110 valence electrons. The zero-order valence-electron chi connectivity index (χ0n) is 12.6. The smallest absolute Gasteiger partial charge is 0.157 e. The van der Waals surface area contributed by atoms with Gasteiger partial charge < -0.3 is 5.32 Å². The van der Waals surface area contributed by atoms with Crippen LogP contribution in [0.25, 0.3) is 0 Å². The number of nitrogens with one attached hydrogen (secondary N) is 1. The number of hydrogen-bond donors (Lipinski definition) is 1. The molecule has 1 atom stereocenters. The van der Waals surface area contributed by atoms with E-state index in [0.29, 0.717) is 4.75 Å². The lowest BCUT2D eigenvalue weighted by atomic mass is 9.88. The predicted molar refractivity (Wildman–Crippen MR) is 90.5 cm³/mol. The zero-order chi connectivity index (χ0) is 13.8. The molecule has 2 rings (SSSR count). The molecule has 0 aromatic rings. The van der Waals surface area contributed by atoms with E-state index < -0.39 is 0 Å². The molecule has 0 aromatic heterocycles. The summed E-state index contributed by atoms with van der Waals surface area (Å²) in [5.74, 6) is 1.21. The number of nitrogens with zero attached hydrogens (tertiary/aromatic N) is 1. The quantitative estimate of drug-likeness (QED) is 0.837. The molecule has 0 aromatic carbocycles. The molecular formula is C15H28N2S2. The standard InChI is InChI=1S/C15H28N2S2/c1-4-14(2)10-11-19-13(17-14)16-12-15(18-3)8-6-5-7-9-15/h4-12H2,1-3H3,(H,16,17). The lowest BCUT2D eigenvalue weighted by Gasteiger charge is -2.37. The second kappa shape index (κ2) is 6.75. The van der Waals surface area contributed by atoms with Gasteiger partial charge in [0, 0.05) is 16.0 Å². The third-order valence-corrected chi connectivity index (χ3v) is 7.11. The largest absolute Gasteiger partial charge is 0.360 e. The number of rotatable bonds is 4. The van der Waals surface area contributed by atoms with Crippen molar-refractivity contribution < 1.29 is 0 Å². The number of thioether (sulfide) groups is 2. The van der Waals surface area contributed by atoms with Crippen molar-refractivity contribution in [3.05, 3.63) is 0 Å². The van der Waals surface area contributed by atoms with E-state index in [9.17, 15) is 0 Å². The summed E-state index contributed by atoms with van der Waals surface area (Å²) < 4.78 is 0.424. The van der Waals surface area contributed by atoms with Crippen LogP contribution in [0.15, 0.2) is 4.99 Å². The minimum Gasteiger partial charge on any atom is -0.360 e. The SMILES string of the molecule is CCC1(C)CCSC(=NCC2(SC)CCCCC2)N1. The van der Waals surface area contributed by atoms with Crippen LogP contribution in [-0.2, 0) is 0 Å². The molecule has 1 N–H and O–H groups in total. The highest BCUT2D eigenvalue weighted by Crippen LogP contribution is 2.39. The van der Waals surface area contributed by atoms with Gasteiger partial charge in [0.05, 0.1) is 6.54 Å². The molecule has 1 saturated carbocycles. The van der Waals surface area contributed by atoms with Gasteiger partial charge in [-0.3, -0.25) is 4.99 Å². The fourth-order valence-electron chi connectivity index (χ4n) is 2.92. The summed E-state index contributed by atoms with van der Waals surface area (Å²) in [7, 11) is 0. The molecule has 1 saturated heterocycles. The molecule has 4 heteroatoms. The maximum Gasteiger partial charge on any atom is 0.157 e. The molecule has 0 radical (unpaired) electrons. The summed E-state index contributed by atoms with van der Waals surface area (Å²) in [5.41, 5.74) is 0.267. The van der Waals surface area contributed by atoms with E-state index >= 15 is 0 Å². The number of amidine groups is 1. The van der Waals surface area contributed by atoms with Crippen LogP contribution < -0.4 is 5.32 Å². The van der Waals surface area contributed by atoms with Gasteiger partial charge in [-0.25, -0.2) is 0 Å². The van der Waals surface area contributed by atoms with Crippen LogP contribution in [-0.4, -0.2) is 34.0 Å². The van der Waals surface area contributed by atoms with Crippen molar-refractivity contribution in [1.82, 2.24) is 5.32 Å². The van der Waals surface area contributed by atoms with E-state index in [4.69, 9.17) is 4.99 Å². The molecule has 2 nitrogen and oxygen atoms in total. The minimum atomic E-state index is 0.267. The first kappa shape index (κ1) is 15.6. The second-order valence-electron chi connectivity index (χ2n) is 6.21. The first-order chi connectivity index (χ1) is 9.11. The van der Waals surface area contributed by atoms with Gasteiger partial charge in [-0.1, -0.05) is 37.9 Å². The molecule has 0 amide bonds. The van der Waals surface area contributed by atoms with Crippen molar-refractivity contribution >= 4 is 28.7 Å². The van der Waals surface area contributed by atoms with Crippen molar-refractivity contribution in [2.45, 2.75) is 69.1 Å². The zero-order valence-corrected chi connectivity index (χ0v) is 14.3. The van der Waals surface area contributed by atoms with E-state index in [1.54, 1.807) is 0 Å². The molecule has 1 aliphatic heterocycles. The van der Waals surface area contributed by atoms with Crippen LogP contribution in [0.4, 0.5) is 0 Å². The maximum absolute atomic E-state index is 4.94. The molecule has 19 heavy (non-hydrogen) atoms. The lowest BCUT2D eigenvalue weighted by molar-refractivity contribution is 0.385.